The zero-order valence-electron chi connectivity index (χ0n) is 16.2. The molecular weight excluding hydrogens is 466 g/mol. The van der Waals surface area contributed by atoms with Gasteiger partial charge in [0.25, 0.3) is 5.56 Å². The van der Waals surface area contributed by atoms with Crippen molar-refractivity contribution in [2.45, 2.75) is 17.5 Å². The van der Waals surface area contributed by atoms with E-state index in [0.717, 1.165) is 15.8 Å². The van der Waals surface area contributed by atoms with Crippen LogP contribution in [-0.4, -0.2) is 31.3 Å². The molecule has 30 heavy (non-hydrogen) atoms. The van der Waals surface area contributed by atoms with Crippen molar-refractivity contribution in [1.82, 2.24) is 24.1 Å². The predicted molar refractivity (Wildman–Crippen MR) is 121 cm³/mol. The van der Waals surface area contributed by atoms with Crippen molar-refractivity contribution in [2.75, 3.05) is 7.11 Å². The summed E-state index contributed by atoms with van der Waals surface area (Å²) in [5.41, 5.74) is 2.01. The van der Waals surface area contributed by atoms with Gasteiger partial charge >= 0.3 is 0 Å². The highest BCUT2D eigenvalue weighted by Crippen LogP contribution is 2.31. The van der Waals surface area contributed by atoms with Gasteiger partial charge in [0.15, 0.2) is 11.0 Å². The van der Waals surface area contributed by atoms with Crippen LogP contribution < -0.4 is 10.3 Å². The summed E-state index contributed by atoms with van der Waals surface area (Å²) in [4.78, 5) is 17.0. The van der Waals surface area contributed by atoms with Crippen molar-refractivity contribution in [3.05, 3.63) is 81.8 Å². The number of nitrogens with zero attached hydrogens (tertiary/aromatic N) is 5. The average molecular weight is 484 g/mol. The van der Waals surface area contributed by atoms with Crippen molar-refractivity contribution in [3.8, 4) is 17.1 Å². The summed E-state index contributed by atoms with van der Waals surface area (Å²) < 4.78 is 9.78. The van der Waals surface area contributed by atoms with Crippen molar-refractivity contribution >= 4 is 33.3 Å². The van der Waals surface area contributed by atoms with Gasteiger partial charge < -0.3 is 4.74 Å². The minimum absolute atomic E-state index is 0.126. The summed E-state index contributed by atoms with van der Waals surface area (Å²) in [7, 11) is 1.63. The maximum absolute atomic E-state index is 12.4. The van der Waals surface area contributed by atoms with Crippen LogP contribution in [0.15, 0.2) is 75.7 Å². The lowest BCUT2D eigenvalue weighted by Gasteiger charge is -2.10. The average Bonchev–Trinajstić information content (AvgIpc) is 3.15. The number of halogens is 1. The maximum atomic E-state index is 12.4. The second-order valence-corrected chi connectivity index (χ2v) is 8.21. The third-order valence-corrected chi connectivity index (χ3v) is 5.87. The second-order valence-electron chi connectivity index (χ2n) is 6.36. The van der Waals surface area contributed by atoms with Crippen LogP contribution in [-0.2, 0) is 12.3 Å². The van der Waals surface area contributed by atoms with Gasteiger partial charge in [-0.25, -0.2) is 4.98 Å². The van der Waals surface area contributed by atoms with Crippen LogP contribution in [0, 0.1) is 0 Å². The van der Waals surface area contributed by atoms with Gasteiger partial charge in [0.2, 0.25) is 0 Å². The number of benzene rings is 1. The van der Waals surface area contributed by atoms with E-state index in [1.807, 2.05) is 34.9 Å². The predicted octanol–water partition coefficient (Wildman–Crippen LogP) is 4.20. The van der Waals surface area contributed by atoms with Gasteiger partial charge in [-0.15, -0.1) is 16.8 Å². The first-order chi connectivity index (χ1) is 14.6. The molecule has 0 spiro atoms. The molecule has 0 aliphatic rings. The van der Waals surface area contributed by atoms with Crippen molar-refractivity contribution in [3.63, 3.8) is 0 Å². The number of aromatic nitrogens is 5. The van der Waals surface area contributed by atoms with Gasteiger partial charge in [-0.2, -0.15) is 0 Å². The quantitative estimate of drug-likeness (QED) is 0.289. The number of methoxy groups -OCH3 is 1. The molecule has 7 nitrogen and oxygen atoms in total. The lowest BCUT2D eigenvalue weighted by Crippen LogP contribution is -2.15. The number of hydrogen-bond donors (Lipinski definition) is 0. The fourth-order valence-corrected chi connectivity index (χ4v) is 4.23. The number of allylic oxidation sites excluding steroid dienone is 1. The SMILES string of the molecule is C=CCn1c(SCc2cc(=O)n3cc(Br)ccc3n2)nnc1-c1ccccc1OC. The Morgan fingerprint density at radius 1 is 1.23 bits per heavy atom. The lowest BCUT2D eigenvalue weighted by molar-refractivity contribution is 0.416. The van der Waals surface area contributed by atoms with E-state index in [-0.39, 0.29) is 5.56 Å². The summed E-state index contributed by atoms with van der Waals surface area (Å²) in [6.07, 6.45) is 3.51. The van der Waals surface area contributed by atoms with Gasteiger partial charge in [0, 0.05) is 29.0 Å². The topological polar surface area (TPSA) is 74.3 Å². The van der Waals surface area contributed by atoms with Crippen molar-refractivity contribution in [2.24, 2.45) is 0 Å². The first-order valence-electron chi connectivity index (χ1n) is 9.09. The zero-order chi connectivity index (χ0) is 21.1. The lowest BCUT2D eigenvalue weighted by atomic mass is 10.2. The minimum atomic E-state index is -0.126. The number of fused-ring (bicyclic) bond motifs is 1. The molecule has 0 bridgehead atoms. The molecule has 0 aliphatic carbocycles. The molecule has 0 N–H and O–H groups in total. The van der Waals surface area contributed by atoms with Crippen molar-refractivity contribution < 1.29 is 4.74 Å². The monoisotopic (exact) mass is 483 g/mol. The molecule has 0 radical (unpaired) electrons. The molecule has 0 fully saturated rings. The van der Waals surface area contributed by atoms with E-state index in [1.54, 1.807) is 31.5 Å². The Morgan fingerprint density at radius 3 is 2.87 bits per heavy atom. The van der Waals surface area contributed by atoms with Crippen LogP contribution in [0.1, 0.15) is 5.69 Å². The van der Waals surface area contributed by atoms with E-state index in [0.29, 0.717) is 34.6 Å². The van der Waals surface area contributed by atoms with Crippen LogP contribution in [0.5, 0.6) is 5.75 Å². The smallest absolute Gasteiger partial charge is 0.258 e. The Hall–Kier alpha value is -2.91. The van der Waals surface area contributed by atoms with Crippen LogP contribution in [0.4, 0.5) is 0 Å². The molecule has 0 aliphatic heterocycles. The van der Waals surface area contributed by atoms with Gasteiger partial charge in [0.05, 0.1) is 18.4 Å². The molecule has 3 aromatic heterocycles. The standard InChI is InChI=1S/C21H18BrN5O2S/c1-3-10-26-20(16-6-4-5-7-17(16)29-2)24-25-21(26)30-13-15-11-19(28)27-12-14(22)8-9-18(27)23-15/h3-9,11-12H,1,10,13H2,2H3. The van der Waals surface area contributed by atoms with Gasteiger partial charge in [0.1, 0.15) is 11.4 Å². The maximum Gasteiger partial charge on any atom is 0.258 e. The Kier molecular flexibility index (Phi) is 6.01. The van der Waals surface area contributed by atoms with Gasteiger partial charge in [-0.1, -0.05) is 30.0 Å². The molecule has 0 unspecified atom stereocenters. The van der Waals surface area contributed by atoms with Crippen LogP contribution in [0.25, 0.3) is 17.0 Å². The zero-order valence-corrected chi connectivity index (χ0v) is 18.6. The largest absolute Gasteiger partial charge is 0.496 e. The Bertz CT molecular complexity index is 1280. The summed E-state index contributed by atoms with van der Waals surface area (Å²) in [5.74, 6) is 1.91. The molecule has 152 valence electrons. The molecule has 4 rings (SSSR count). The molecule has 0 amide bonds. The highest BCUT2D eigenvalue weighted by atomic mass is 79.9. The summed E-state index contributed by atoms with van der Waals surface area (Å²) in [5, 5.41) is 9.45. The molecule has 0 saturated heterocycles. The van der Waals surface area contributed by atoms with E-state index < -0.39 is 0 Å². The number of rotatable bonds is 7. The van der Waals surface area contributed by atoms with Crippen LogP contribution in [0.2, 0.25) is 0 Å². The molecule has 0 atom stereocenters. The Morgan fingerprint density at radius 2 is 2.07 bits per heavy atom. The normalized spacial score (nSPS) is 11.0. The molecule has 0 saturated carbocycles. The van der Waals surface area contributed by atoms with E-state index in [9.17, 15) is 4.79 Å². The number of para-hydroxylation sites is 1. The van der Waals surface area contributed by atoms with Gasteiger partial charge in [-0.05, 0) is 40.2 Å². The van der Waals surface area contributed by atoms with Crippen LogP contribution >= 0.6 is 27.7 Å². The summed E-state index contributed by atoms with van der Waals surface area (Å²) >= 11 is 4.84. The van der Waals surface area contributed by atoms with E-state index >= 15 is 0 Å². The van der Waals surface area contributed by atoms with E-state index in [4.69, 9.17) is 4.74 Å². The molecule has 4 aromatic rings. The molecule has 3 heterocycles. The number of ether oxygens (including phenoxy) is 1. The highest BCUT2D eigenvalue weighted by Gasteiger charge is 2.17. The van der Waals surface area contributed by atoms with Gasteiger partial charge in [-0.3, -0.25) is 13.8 Å². The number of thioether (sulfide) groups is 1. The molecule has 9 heteroatoms. The molecule has 1 aromatic carbocycles. The highest BCUT2D eigenvalue weighted by molar-refractivity contribution is 9.10. The Balaban J connectivity index is 1.65. The third-order valence-electron chi connectivity index (χ3n) is 4.40. The molecular formula is C21H18BrN5O2S. The van der Waals surface area contributed by atoms with Crippen LogP contribution in [0.3, 0.4) is 0 Å². The first-order valence-corrected chi connectivity index (χ1v) is 10.9. The summed E-state index contributed by atoms with van der Waals surface area (Å²) in [6.45, 7) is 4.39. The van der Waals surface area contributed by atoms with E-state index in [2.05, 4.69) is 37.7 Å². The Labute approximate surface area is 185 Å². The number of pyridine rings is 1. The minimum Gasteiger partial charge on any atom is -0.496 e. The number of hydrogen-bond acceptors (Lipinski definition) is 6. The van der Waals surface area contributed by atoms with Crippen molar-refractivity contribution in [1.29, 1.82) is 0 Å². The fourth-order valence-electron chi connectivity index (χ4n) is 3.06. The first kappa shape index (κ1) is 20.4. The third kappa shape index (κ3) is 4.03. The second kappa shape index (κ2) is 8.85. The van der Waals surface area contributed by atoms with E-state index in [1.165, 1.54) is 16.2 Å². The summed E-state index contributed by atoms with van der Waals surface area (Å²) in [6, 6.07) is 12.9. The fraction of sp³-hybridized carbons (Fsp3) is 0.143.